The first-order valence-electron chi connectivity index (χ1n) is 22.1. The Labute approximate surface area is 392 Å². The summed E-state index contributed by atoms with van der Waals surface area (Å²) < 4.78 is 36.9. The van der Waals surface area contributed by atoms with Crippen LogP contribution in [0.3, 0.4) is 0 Å². The van der Waals surface area contributed by atoms with Crippen molar-refractivity contribution < 1.29 is 32.9 Å². The van der Waals surface area contributed by atoms with Crippen LogP contribution in [0.4, 0.5) is 10.1 Å². The SMILES string of the molecule is C=C(C)C(=O)OCCCCOc1ccc(-c2ccc(C#Cc3ccc4c(c3)C(C)(C)c3cc(C#Cc5ccc(N=Cc6ccc(OCCCOC(=O)C(=C)C)cc6)c(F)c5)ccc3-4)cc2)nc1. The van der Waals surface area contributed by atoms with Gasteiger partial charge in [-0.25, -0.2) is 14.0 Å². The lowest BCUT2D eigenvalue weighted by Gasteiger charge is -2.21. The largest absolute Gasteiger partial charge is 0.493 e. The zero-order chi connectivity index (χ0) is 47.3. The number of benzene rings is 5. The van der Waals surface area contributed by atoms with Gasteiger partial charge in [0.15, 0.2) is 0 Å². The highest BCUT2D eigenvalue weighted by molar-refractivity contribution is 5.87. The van der Waals surface area contributed by atoms with Gasteiger partial charge in [-0.2, -0.15) is 0 Å². The molecule has 0 fully saturated rings. The maximum Gasteiger partial charge on any atom is 0.333 e. The normalized spacial score (nSPS) is 11.8. The van der Waals surface area contributed by atoms with Gasteiger partial charge < -0.3 is 18.9 Å². The number of hydrogen-bond acceptors (Lipinski definition) is 8. The second-order valence-electron chi connectivity index (χ2n) is 16.7. The smallest absolute Gasteiger partial charge is 0.333 e. The van der Waals surface area contributed by atoms with E-state index in [9.17, 15) is 9.59 Å². The van der Waals surface area contributed by atoms with Crippen molar-refractivity contribution >= 4 is 23.8 Å². The minimum Gasteiger partial charge on any atom is -0.493 e. The van der Waals surface area contributed by atoms with Crippen molar-refractivity contribution in [1.29, 1.82) is 0 Å². The molecule has 7 rings (SSSR count). The molecule has 336 valence electrons. The van der Waals surface area contributed by atoms with Gasteiger partial charge in [-0.15, -0.1) is 0 Å². The molecule has 0 saturated heterocycles. The number of esters is 2. The number of hydrogen-bond donors (Lipinski definition) is 0. The van der Waals surface area contributed by atoms with Crippen LogP contribution in [0.1, 0.15) is 85.9 Å². The maximum atomic E-state index is 15.2. The highest BCUT2D eigenvalue weighted by Crippen LogP contribution is 2.49. The Kier molecular flexibility index (Phi) is 15.3. The van der Waals surface area contributed by atoms with Crippen LogP contribution in [-0.2, 0) is 24.5 Å². The van der Waals surface area contributed by atoms with Gasteiger partial charge in [0.1, 0.15) is 17.3 Å². The highest BCUT2D eigenvalue weighted by Gasteiger charge is 2.35. The van der Waals surface area contributed by atoms with Crippen molar-refractivity contribution in [3.8, 4) is 57.6 Å². The molecule has 1 aromatic heterocycles. The molecule has 6 aromatic rings. The highest BCUT2D eigenvalue weighted by atomic mass is 19.1. The molecule has 0 bridgehead atoms. The van der Waals surface area contributed by atoms with Crippen molar-refractivity contribution in [2.45, 2.75) is 52.4 Å². The van der Waals surface area contributed by atoms with Gasteiger partial charge in [0.25, 0.3) is 0 Å². The van der Waals surface area contributed by atoms with E-state index in [1.807, 2.05) is 66.7 Å². The molecule has 0 radical (unpaired) electrons. The molecule has 9 heteroatoms. The molecule has 0 saturated carbocycles. The van der Waals surface area contributed by atoms with Crippen LogP contribution in [0.5, 0.6) is 11.5 Å². The van der Waals surface area contributed by atoms with Crippen LogP contribution in [0.15, 0.2) is 151 Å². The molecule has 0 N–H and O–H groups in total. The van der Waals surface area contributed by atoms with Crippen LogP contribution >= 0.6 is 0 Å². The van der Waals surface area contributed by atoms with Gasteiger partial charge in [0.05, 0.1) is 44.0 Å². The average Bonchev–Trinajstić information content (AvgIpc) is 3.55. The van der Waals surface area contributed by atoms with Gasteiger partial charge in [-0.1, -0.05) is 75.0 Å². The number of halogens is 1. The Morgan fingerprint density at radius 3 is 1.72 bits per heavy atom. The average molecular weight is 891 g/mol. The van der Waals surface area contributed by atoms with Gasteiger partial charge in [-0.05, 0) is 146 Å². The summed E-state index contributed by atoms with van der Waals surface area (Å²) in [6.07, 6.45) is 5.33. The molecular formula is C58H51FN2O6. The Hall–Kier alpha value is -8.01. The van der Waals surface area contributed by atoms with E-state index >= 15 is 4.39 Å². The molecule has 0 amide bonds. The Morgan fingerprint density at radius 2 is 1.13 bits per heavy atom. The lowest BCUT2D eigenvalue weighted by Crippen LogP contribution is -2.15. The van der Waals surface area contributed by atoms with Crippen molar-refractivity contribution in [1.82, 2.24) is 4.98 Å². The van der Waals surface area contributed by atoms with E-state index in [4.69, 9.17) is 18.9 Å². The van der Waals surface area contributed by atoms with Crippen molar-refractivity contribution in [3.05, 3.63) is 191 Å². The van der Waals surface area contributed by atoms with Gasteiger partial charge in [0, 0.05) is 57.0 Å². The number of rotatable bonds is 16. The van der Waals surface area contributed by atoms with Gasteiger partial charge in [0.2, 0.25) is 0 Å². The second-order valence-corrected chi connectivity index (χ2v) is 16.7. The quantitative estimate of drug-likeness (QED) is 0.0314. The van der Waals surface area contributed by atoms with Crippen molar-refractivity contribution in [2.75, 3.05) is 26.4 Å². The summed E-state index contributed by atoms with van der Waals surface area (Å²) in [5, 5.41) is 0. The number of aromatic nitrogens is 1. The number of carbonyl (C=O) groups is 2. The van der Waals surface area contributed by atoms with E-state index in [0.29, 0.717) is 60.9 Å². The molecule has 8 nitrogen and oxygen atoms in total. The van der Waals surface area contributed by atoms with E-state index in [2.05, 4.69) is 91.0 Å². The second kappa shape index (κ2) is 21.8. The lowest BCUT2D eigenvalue weighted by molar-refractivity contribution is -0.140. The Balaban J connectivity index is 0.916. The number of nitrogens with zero attached hydrogens (tertiary/aromatic N) is 2. The summed E-state index contributed by atoms with van der Waals surface area (Å²) >= 11 is 0. The third kappa shape index (κ3) is 12.4. The zero-order valence-corrected chi connectivity index (χ0v) is 38.2. The standard InChI is InChI=1S/C58H51FN2O6/c1-39(2)56(62)66-31-8-7-30-65-48-25-29-54(61-38-48)46-21-14-41(15-22-46)10-11-42-18-26-49-50-27-19-43(35-52(50)58(5,6)51(49)34-42)12-13-44-20-28-55(53(59)36-44)60-37-45-16-23-47(24-17-45)64-32-9-33-67-57(63)40(3)4/h14-29,34-38H,1,3,7-9,30-33H2,2,4-6H3. The molecule has 1 heterocycles. The Bertz CT molecular complexity index is 2960. The molecule has 0 aliphatic heterocycles. The summed E-state index contributed by atoms with van der Waals surface area (Å²) in [5.74, 6) is 13.2. The van der Waals surface area contributed by atoms with Crippen LogP contribution in [0.2, 0.25) is 0 Å². The van der Waals surface area contributed by atoms with Gasteiger partial charge in [-0.3, -0.25) is 9.98 Å². The fourth-order valence-corrected chi connectivity index (χ4v) is 7.25. The molecule has 0 unspecified atom stereocenters. The fraction of sp³-hybridized carbons (Fsp3) is 0.207. The van der Waals surface area contributed by atoms with E-state index in [1.54, 1.807) is 38.4 Å². The van der Waals surface area contributed by atoms with Gasteiger partial charge >= 0.3 is 11.9 Å². The number of aliphatic imine (C=N–C) groups is 1. The molecule has 5 aromatic carbocycles. The first-order valence-corrected chi connectivity index (χ1v) is 22.1. The minimum atomic E-state index is -0.464. The number of fused-ring (bicyclic) bond motifs is 3. The van der Waals surface area contributed by atoms with E-state index in [1.165, 1.54) is 28.3 Å². The molecule has 0 spiro atoms. The summed E-state index contributed by atoms with van der Waals surface area (Å²) in [6, 6.07) is 36.6. The number of unbranched alkanes of at least 4 members (excludes halogenated alkanes) is 1. The predicted molar refractivity (Wildman–Crippen MR) is 262 cm³/mol. The summed E-state index contributed by atoms with van der Waals surface area (Å²) in [7, 11) is 0. The number of carbonyl (C=O) groups excluding carboxylic acids is 2. The Morgan fingerprint density at radius 1 is 0.627 bits per heavy atom. The number of pyridine rings is 1. The van der Waals surface area contributed by atoms with Crippen LogP contribution in [0.25, 0.3) is 22.4 Å². The maximum absolute atomic E-state index is 15.2. The number of ether oxygens (including phenoxy) is 4. The van der Waals surface area contributed by atoms with Crippen LogP contribution in [-0.4, -0.2) is 49.6 Å². The van der Waals surface area contributed by atoms with E-state index in [-0.39, 0.29) is 23.7 Å². The summed E-state index contributed by atoms with van der Waals surface area (Å²) in [5.41, 5.74) is 11.2. The lowest BCUT2D eigenvalue weighted by atomic mass is 9.81. The molecular weight excluding hydrogens is 840 g/mol. The summed E-state index contributed by atoms with van der Waals surface area (Å²) in [4.78, 5) is 31.9. The van der Waals surface area contributed by atoms with Crippen LogP contribution < -0.4 is 9.47 Å². The monoisotopic (exact) mass is 890 g/mol. The first kappa shape index (κ1) is 47.0. The van der Waals surface area contributed by atoms with Crippen molar-refractivity contribution in [3.63, 3.8) is 0 Å². The van der Waals surface area contributed by atoms with Crippen LogP contribution in [0, 0.1) is 29.5 Å². The third-order valence-electron chi connectivity index (χ3n) is 11.0. The van der Waals surface area contributed by atoms with E-state index in [0.717, 1.165) is 39.9 Å². The predicted octanol–water partition coefficient (Wildman–Crippen LogP) is 11.9. The zero-order valence-electron chi connectivity index (χ0n) is 38.2. The first-order chi connectivity index (χ1) is 32.3. The fourth-order valence-electron chi connectivity index (χ4n) is 7.25. The summed E-state index contributed by atoms with van der Waals surface area (Å²) in [6.45, 7) is 16.3. The molecule has 1 aliphatic carbocycles. The van der Waals surface area contributed by atoms with E-state index < -0.39 is 11.8 Å². The topological polar surface area (TPSA) is 96.3 Å². The van der Waals surface area contributed by atoms with Crippen molar-refractivity contribution in [2.24, 2.45) is 4.99 Å². The third-order valence-corrected chi connectivity index (χ3v) is 11.0. The molecule has 67 heavy (non-hydrogen) atoms. The molecule has 1 aliphatic rings. The molecule has 0 atom stereocenters. The minimum absolute atomic E-state index is 0.211.